The first-order chi connectivity index (χ1) is 9.80. The molecular weight excluding hydrogens is 335 g/mol. The fraction of sp³-hybridized carbons (Fsp3) is 0.462. The van der Waals surface area contributed by atoms with Gasteiger partial charge in [-0.05, 0) is 25.0 Å². The summed E-state index contributed by atoms with van der Waals surface area (Å²) in [5, 5.41) is 4.94. The number of halogens is 2. The number of amides is 1. The smallest absolute Gasteiger partial charge is 0.253 e. The van der Waals surface area contributed by atoms with E-state index in [-0.39, 0.29) is 26.4 Å². The average Bonchev–Trinajstić information content (AvgIpc) is 2.68. The van der Waals surface area contributed by atoms with Crippen LogP contribution in [-0.4, -0.2) is 32.3 Å². The van der Waals surface area contributed by atoms with Gasteiger partial charge in [0.05, 0.1) is 10.0 Å². The maximum Gasteiger partial charge on any atom is 0.253 e. The summed E-state index contributed by atoms with van der Waals surface area (Å²) in [6.07, 6.45) is 4.06. The highest BCUT2D eigenvalue weighted by atomic mass is 35.5. The third-order valence-electron chi connectivity index (χ3n) is 3.44. The summed E-state index contributed by atoms with van der Waals surface area (Å²) < 4.78 is 23.0. The molecule has 0 saturated carbocycles. The Morgan fingerprint density at radius 2 is 1.67 bits per heavy atom. The second kappa shape index (κ2) is 6.52. The molecule has 2 N–H and O–H groups in total. The van der Waals surface area contributed by atoms with Gasteiger partial charge < -0.3 is 4.90 Å². The molecule has 116 valence electrons. The topological polar surface area (TPSA) is 80.5 Å². The van der Waals surface area contributed by atoms with Crippen LogP contribution in [-0.2, 0) is 10.0 Å². The minimum atomic E-state index is -4.04. The van der Waals surface area contributed by atoms with Crippen LogP contribution in [0.3, 0.4) is 0 Å². The van der Waals surface area contributed by atoms with Crippen molar-refractivity contribution in [2.45, 2.75) is 30.6 Å². The van der Waals surface area contributed by atoms with Crippen molar-refractivity contribution in [3.8, 4) is 0 Å². The molecule has 2 rings (SSSR count). The molecule has 1 fully saturated rings. The van der Waals surface area contributed by atoms with Crippen molar-refractivity contribution in [1.29, 1.82) is 0 Å². The minimum Gasteiger partial charge on any atom is -0.339 e. The van der Waals surface area contributed by atoms with Gasteiger partial charge in [-0.2, -0.15) is 0 Å². The number of likely N-dealkylation sites (tertiary alicyclic amines) is 1. The molecule has 1 aliphatic heterocycles. The third-order valence-corrected chi connectivity index (χ3v) is 5.29. The summed E-state index contributed by atoms with van der Waals surface area (Å²) in [4.78, 5) is 13.9. The van der Waals surface area contributed by atoms with Crippen LogP contribution in [0.2, 0.25) is 10.0 Å². The normalized spacial score (nSPS) is 16.6. The van der Waals surface area contributed by atoms with Crippen molar-refractivity contribution < 1.29 is 13.2 Å². The Morgan fingerprint density at radius 1 is 1.10 bits per heavy atom. The molecule has 0 spiro atoms. The SMILES string of the molecule is NS(=O)(=O)c1cc(C(=O)N2CCCCCC2)cc(Cl)c1Cl. The molecule has 1 amide bonds. The molecule has 1 aromatic carbocycles. The Kier molecular flexibility index (Phi) is 5.14. The molecule has 1 saturated heterocycles. The number of nitrogens with two attached hydrogens (primary N) is 1. The number of hydrogen-bond acceptors (Lipinski definition) is 3. The van der Waals surface area contributed by atoms with Crippen LogP contribution in [0, 0.1) is 0 Å². The molecule has 0 aliphatic carbocycles. The summed E-state index contributed by atoms with van der Waals surface area (Å²) in [5.41, 5.74) is 0.190. The van der Waals surface area contributed by atoms with Gasteiger partial charge in [-0.3, -0.25) is 4.79 Å². The summed E-state index contributed by atoms with van der Waals surface area (Å²) in [6.45, 7) is 1.31. The standard InChI is InChI=1S/C13H16Cl2N2O3S/c14-10-7-9(8-11(12(10)15)21(16,19)20)13(18)17-5-3-1-2-4-6-17/h7-8H,1-6H2,(H2,16,19,20). The summed E-state index contributed by atoms with van der Waals surface area (Å²) in [7, 11) is -4.04. The highest BCUT2D eigenvalue weighted by Gasteiger charge is 2.23. The van der Waals surface area contributed by atoms with Crippen LogP contribution in [0.5, 0.6) is 0 Å². The van der Waals surface area contributed by atoms with Gasteiger partial charge in [0.25, 0.3) is 5.91 Å². The fourth-order valence-electron chi connectivity index (χ4n) is 2.35. The lowest BCUT2D eigenvalue weighted by Gasteiger charge is -2.21. The van der Waals surface area contributed by atoms with E-state index in [0.717, 1.165) is 25.7 Å². The highest BCUT2D eigenvalue weighted by molar-refractivity contribution is 7.89. The second-order valence-corrected chi connectivity index (χ2v) is 7.34. The van der Waals surface area contributed by atoms with Gasteiger partial charge in [-0.25, -0.2) is 13.6 Å². The lowest BCUT2D eigenvalue weighted by molar-refractivity contribution is 0.0761. The number of nitrogens with zero attached hydrogens (tertiary/aromatic N) is 1. The Balaban J connectivity index is 2.39. The zero-order chi connectivity index (χ0) is 15.6. The average molecular weight is 351 g/mol. The highest BCUT2D eigenvalue weighted by Crippen LogP contribution is 2.31. The van der Waals surface area contributed by atoms with Crippen LogP contribution in [0.1, 0.15) is 36.0 Å². The first-order valence-corrected chi connectivity index (χ1v) is 8.92. The number of carbonyl (C=O) groups excluding carboxylic acids is 1. The first kappa shape index (κ1) is 16.5. The predicted molar refractivity (Wildman–Crippen MR) is 82.2 cm³/mol. The number of carbonyl (C=O) groups is 1. The summed E-state index contributed by atoms with van der Waals surface area (Å²) in [5.74, 6) is -0.250. The van der Waals surface area contributed by atoms with Crippen LogP contribution in [0.4, 0.5) is 0 Å². The van der Waals surface area contributed by atoms with Gasteiger partial charge in [-0.15, -0.1) is 0 Å². The van der Waals surface area contributed by atoms with E-state index in [2.05, 4.69) is 0 Å². The zero-order valence-corrected chi connectivity index (χ0v) is 13.6. The fourth-order valence-corrected chi connectivity index (χ4v) is 3.71. The van der Waals surface area contributed by atoms with Gasteiger partial charge in [-0.1, -0.05) is 36.0 Å². The van der Waals surface area contributed by atoms with E-state index in [1.54, 1.807) is 4.90 Å². The Morgan fingerprint density at radius 3 is 2.19 bits per heavy atom. The van der Waals surface area contributed by atoms with E-state index in [1.165, 1.54) is 12.1 Å². The zero-order valence-electron chi connectivity index (χ0n) is 11.3. The third kappa shape index (κ3) is 3.88. The molecule has 0 radical (unpaired) electrons. The molecule has 0 bridgehead atoms. The van der Waals surface area contributed by atoms with E-state index >= 15 is 0 Å². The van der Waals surface area contributed by atoms with Crippen molar-refractivity contribution in [1.82, 2.24) is 4.90 Å². The molecule has 0 atom stereocenters. The number of primary sulfonamides is 1. The molecule has 5 nitrogen and oxygen atoms in total. The van der Waals surface area contributed by atoms with Crippen molar-refractivity contribution >= 4 is 39.1 Å². The van der Waals surface area contributed by atoms with Crippen molar-refractivity contribution in [2.24, 2.45) is 5.14 Å². The van der Waals surface area contributed by atoms with Crippen LogP contribution < -0.4 is 5.14 Å². The Labute approximate surface area is 134 Å². The van der Waals surface area contributed by atoms with Crippen molar-refractivity contribution in [3.05, 3.63) is 27.7 Å². The van der Waals surface area contributed by atoms with Crippen molar-refractivity contribution in [2.75, 3.05) is 13.1 Å². The van der Waals surface area contributed by atoms with E-state index < -0.39 is 10.0 Å². The molecule has 8 heteroatoms. The predicted octanol–water partition coefficient (Wildman–Crippen LogP) is 2.66. The molecule has 1 aromatic rings. The van der Waals surface area contributed by atoms with Crippen LogP contribution in [0.25, 0.3) is 0 Å². The van der Waals surface area contributed by atoms with E-state index in [9.17, 15) is 13.2 Å². The van der Waals surface area contributed by atoms with Crippen LogP contribution >= 0.6 is 23.2 Å². The quantitative estimate of drug-likeness (QED) is 0.889. The molecule has 21 heavy (non-hydrogen) atoms. The second-order valence-electron chi connectivity index (χ2n) is 5.02. The van der Waals surface area contributed by atoms with Crippen LogP contribution in [0.15, 0.2) is 17.0 Å². The minimum absolute atomic E-state index is 0.00126. The van der Waals surface area contributed by atoms with Crippen molar-refractivity contribution in [3.63, 3.8) is 0 Å². The Bertz CT molecular complexity index is 654. The van der Waals surface area contributed by atoms with Gasteiger partial charge in [0.15, 0.2) is 0 Å². The number of sulfonamides is 1. The maximum atomic E-state index is 12.5. The molecule has 0 unspecified atom stereocenters. The number of benzene rings is 1. The Hall–Kier alpha value is -0.820. The molecule has 1 heterocycles. The van der Waals surface area contributed by atoms with E-state index in [0.29, 0.717) is 13.1 Å². The lowest BCUT2D eigenvalue weighted by atomic mass is 10.2. The van der Waals surface area contributed by atoms with E-state index in [4.69, 9.17) is 28.3 Å². The van der Waals surface area contributed by atoms with Gasteiger partial charge in [0.1, 0.15) is 4.90 Å². The first-order valence-electron chi connectivity index (χ1n) is 6.62. The monoisotopic (exact) mass is 350 g/mol. The van der Waals surface area contributed by atoms with Gasteiger partial charge >= 0.3 is 0 Å². The number of hydrogen-bond donors (Lipinski definition) is 1. The number of rotatable bonds is 2. The molecule has 0 aromatic heterocycles. The van der Waals surface area contributed by atoms with Gasteiger partial charge in [0, 0.05) is 18.7 Å². The summed E-state index contributed by atoms with van der Waals surface area (Å²) >= 11 is 11.8. The molecular formula is C13H16Cl2N2O3S. The maximum absolute atomic E-state index is 12.5. The van der Waals surface area contributed by atoms with Gasteiger partial charge in [0.2, 0.25) is 10.0 Å². The van der Waals surface area contributed by atoms with E-state index in [1.807, 2.05) is 0 Å². The summed E-state index contributed by atoms with van der Waals surface area (Å²) in [6, 6.07) is 2.57. The lowest BCUT2D eigenvalue weighted by Crippen LogP contribution is -2.32. The largest absolute Gasteiger partial charge is 0.339 e. The molecule has 1 aliphatic rings.